The van der Waals surface area contributed by atoms with E-state index < -0.39 is 0 Å². The number of amides is 1. The van der Waals surface area contributed by atoms with Crippen LogP contribution in [-0.2, 0) is 11.2 Å². The molecule has 0 saturated heterocycles. The van der Waals surface area contributed by atoms with Crippen molar-refractivity contribution in [3.8, 4) is 0 Å². The van der Waals surface area contributed by atoms with E-state index in [4.69, 9.17) is 0 Å². The van der Waals surface area contributed by atoms with Gasteiger partial charge < -0.3 is 9.88 Å². The molecule has 1 aliphatic carbocycles. The first-order valence-corrected chi connectivity index (χ1v) is 10.0. The smallest absolute Gasteiger partial charge is 0.226 e. The highest BCUT2D eigenvalue weighted by Gasteiger charge is 2.36. The van der Waals surface area contributed by atoms with E-state index in [0.29, 0.717) is 11.8 Å². The van der Waals surface area contributed by atoms with Crippen molar-refractivity contribution in [2.75, 3.05) is 6.54 Å². The molecule has 0 spiro atoms. The molecule has 1 N–H and O–H groups in total. The molecular weight excluding hydrogens is 308 g/mol. The van der Waals surface area contributed by atoms with E-state index >= 15 is 0 Å². The Balaban J connectivity index is 1.69. The Morgan fingerprint density at radius 3 is 2.72 bits per heavy atom. The second kappa shape index (κ2) is 6.86. The second-order valence-electron chi connectivity index (χ2n) is 8.32. The first-order chi connectivity index (χ1) is 12.1. The topological polar surface area (TPSA) is 36.1 Å². The number of carbonyl (C=O) groups excluding carboxylic acids is 1. The lowest BCUT2D eigenvalue weighted by Gasteiger charge is -2.39. The molecule has 0 radical (unpaired) electrons. The van der Waals surface area contributed by atoms with Crippen LogP contribution < -0.4 is 0 Å². The summed E-state index contributed by atoms with van der Waals surface area (Å²) in [7, 11) is 0. The van der Waals surface area contributed by atoms with Crippen LogP contribution in [0, 0.1) is 11.8 Å². The number of H-pyrrole nitrogens is 1. The van der Waals surface area contributed by atoms with Crippen LogP contribution >= 0.6 is 0 Å². The predicted molar refractivity (Wildman–Crippen MR) is 102 cm³/mol. The van der Waals surface area contributed by atoms with Crippen molar-refractivity contribution in [1.29, 1.82) is 0 Å². The number of rotatable bonds is 3. The number of para-hydroxylation sites is 1. The maximum atomic E-state index is 13.3. The summed E-state index contributed by atoms with van der Waals surface area (Å²) in [5.74, 6) is 1.24. The molecule has 4 rings (SSSR count). The van der Waals surface area contributed by atoms with E-state index in [2.05, 4.69) is 48.0 Å². The number of nitrogens with zero attached hydrogens (tertiary/aromatic N) is 1. The summed E-state index contributed by atoms with van der Waals surface area (Å²) in [4.78, 5) is 19.2. The van der Waals surface area contributed by atoms with Gasteiger partial charge in [0.25, 0.3) is 0 Å². The molecule has 3 heteroatoms. The number of fused-ring (bicyclic) bond motifs is 3. The van der Waals surface area contributed by atoms with E-state index in [1.807, 2.05) is 0 Å². The average molecular weight is 338 g/mol. The van der Waals surface area contributed by atoms with Gasteiger partial charge in [-0.1, -0.05) is 51.3 Å². The fourth-order valence-electron chi connectivity index (χ4n) is 4.86. The van der Waals surface area contributed by atoms with Crippen molar-refractivity contribution in [3.63, 3.8) is 0 Å². The fraction of sp³-hybridized carbons (Fsp3) is 0.591. The highest BCUT2D eigenvalue weighted by Crippen LogP contribution is 2.39. The summed E-state index contributed by atoms with van der Waals surface area (Å²) in [6.45, 7) is 5.40. The van der Waals surface area contributed by atoms with Crippen molar-refractivity contribution < 1.29 is 4.79 Å². The Kier molecular flexibility index (Phi) is 4.58. The van der Waals surface area contributed by atoms with Gasteiger partial charge in [0.2, 0.25) is 5.91 Å². The zero-order chi connectivity index (χ0) is 17.4. The normalized spacial score (nSPS) is 21.7. The van der Waals surface area contributed by atoms with Gasteiger partial charge in [-0.05, 0) is 43.2 Å². The molecule has 1 saturated carbocycles. The Bertz CT molecular complexity index is 754. The molecule has 134 valence electrons. The predicted octanol–water partition coefficient (Wildman–Crippen LogP) is 5.22. The monoisotopic (exact) mass is 338 g/mol. The Hall–Kier alpha value is -1.77. The lowest BCUT2D eigenvalue weighted by molar-refractivity contribution is -0.140. The van der Waals surface area contributed by atoms with Crippen LogP contribution in [-0.4, -0.2) is 22.3 Å². The van der Waals surface area contributed by atoms with Crippen LogP contribution in [0.4, 0.5) is 0 Å². The fourth-order valence-corrected chi connectivity index (χ4v) is 4.86. The highest BCUT2D eigenvalue weighted by atomic mass is 16.2. The van der Waals surface area contributed by atoms with Gasteiger partial charge in [0.05, 0.1) is 6.04 Å². The molecule has 1 aromatic carbocycles. The van der Waals surface area contributed by atoms with Crippen LogP contribution in [0.25, 0.3) is 10.9 Å². The van der Waals surface area contributed by atoms with Crippen molar-refractivity contribution in [1.82, 2.24) is 9.88 Å². The van der Waals surface area contributed by atoms with Crippen molar-refractivity contribution in [3.05, 3.63) is 35.5 Å². The van der Waals surface area contributed by atoms with Gasteiger partial charge in [-0.25, -0.2) is 0 Å². The van der Waals surface area contributed by atoms with Gasteiger partial charge in [0, 0.05) is 29.1 Å². The van der Waals surface area contributed by atoms with E-state index in [0.717, 1.165) is 32.2 Å². The van der Waals surface area contributed by atoms with Gasteiger partial charge in [-0.15, -0.1) is 0 Å². The SMILES string of the molecule is CC(C)CC1c2[nH]c3ccccc3c2CCN1C(=O)C1CCCCC1. The molecule has 25 heavy (non-hydrogen) atoms. The second-order valence-corrected chi connectivity index (χ2v) is 8.32. The van der Waals surface area contributed by atoms with Crippen molar-refractivity contribution in [2.24, 2.45) is 11.8 Å². The molecule has 1 fully saturated rings. The first-order valence-electron chi connectivity index (χ1n) is 10.0. The summed E-state index contributed by atoms with van der Waals surface area (Å²) in [5, 5.41) is 1.34. The Labute approximate surface area is 150 Å². The standard InChI is InChI=1S/C22H30N2O/c1-15(2)14-20-21-18(17-10-6-7-11-19(17)23-21)12-13-24(20)22(25)16-8-4-3-5-9-16/h6-7,10-11,15-16,20,23H,3-5,8-9,12-14H2,1-2H3. The average Bonchev–Trinajstić information content (AvgIpc) is 3.01. The molecule has 2 aromatic rings. The van der Waals surface area contributed by atoms with Gasteiger partial charge in [0.15, 0.2) is 0 Å². The molecule has 1 unspecified atom stereocenters. The lowest BCUT2D eigenvalue weighted by atomic mass is 9.85. The summed E-state index contributed by atoms with van der Waals surface area (Å²) in [6.07, 6.45) is 7.93. The molecule has 3 nitrogen and oxygen atoms in total. The molecule has 1 aromatic heterocycles. The number of hydrogen-bond acceptors (Lipinski definition) is 1. The van der Waals surface area contributed by atoms with Crippen molar-refractivity contribution in [2.45, 2.75) is 64.8 Å². The largest absolute Gasteiger partial charge is 0.356 e. The zero-order valence-corrected chi connectivity index (χ0v) is 15.6. The van der Waals surface area contributed by atoms with E-state index in [-0.39, 0.29) is 12.0 Å². The highest BCUT2D eigenvalue weighted by molar-refractivity contribution is 5.86. The first kappa shape index (κ1) is 16.7. The van der Waals surface area contributed by atoms with Crippen LogP contribution in [0.1, 0.15) is 69.7 Å². The maximum Gasteiger partial charge on any atom is 0.226 e. The van der Waals surface area contributed by atoms with Crippen LogP contribution in [0.3, 0.4) is 0 Å². The van der Waals surface area contributed by atoms with Crippen LogP contribution in [0.15, 0.2) is 24.3 Å². The minimum Gasteiger partial charge on any atom is -0.356 e. The number of aromatic nitrogens is 1. The van der Waals surface area contributed by atoms with E-state index in [1.54, 1.807) is 0 Å². The molecule has 2 heterocycles. The third-order valence-corrected chi connectivity index (χ3v) is 6.09. The quantitative estimate of drug-likeness (QED) is 0.818. The minimum absolute atomic E-state index is 0.213. The number of nitrogens with one attached hydrogen (secondary N) is 1. The van der Waals surface area contributed by atoms with Crippen LogP contribution in [0.2, 0.25) is 0 Å². The maximum absolute atomic E-state index is 13.3. The molecule has 1 amide bonds. The number of aromatic amines is 1. The van der Waals surface area contributed by atoms with Crippen LogP contribution in [0.5, 0.6) is 0 Å². The van der Waals surface area contributed by atoms with Crippen molar-refractivity contribution >= 4 is 16.8 Å². The Morgan fingerprint density at radius 2 is 1.96 bits per heavy atom. The third-order valence-electron chi connectivity index (χ3n) is 6.09. The van der Waals surface area contributed by atoms with Gasteiger partial charge in [0.1, 0.15) is 0 Å². The van der Waals surface area contributed by atoms with E-state index in [1.165, 1.54) is 41.4 Å². The third kappa shape index (κ3) is 3.09. The van der Waals surface area contributed by atoms with Gasteiger partial charge in [-0.3, -0.25) is 4.79 Å². The molecule has 2 aliphatic rings. The summed E-state index contributed by atoms with van der Waals surface area (Å²) in [5.41, 5.74) is 3.95. The molecule has 1 atom stereocenters. The number of hydrogen-bond donors (Lipinski definition) is 1. The number of carbonyl (C=O) groups is 1. The molecular formula is C22H30N2O. The number of benzene rings is 1. The summed E-state index contributed by atoms with van der Waals surface area (Å²) in [6, 6.07) is 8.80. The van der Waals surface area contributed by atoms with Gasteiger partial charge in [-0.2, -0.15) is 0 Å². The lowest BCUT2D eigenvalue weighted by Crippen LogP contribution is -2.44. The Morgan fingerprint density at radius 1 is 1.20 bits per heavy atom. The molecule has 0 bridgehead atoms. The summed E-state index contributed by atoms with van der Waals surface area (Å²) < 4.78 is 0. The zero-order valence-electron chi connectivity index (χ0n) is 15.6. The minimum atomic E-state index is 0.213. The molecule has 1 aliphatic heterocycles. The summed E-state index contributed by atoms with van der Waals surface area (Å²) >= 11 is 0. The van der Waals surface area contributed by atoms with E-state index in [9.17, 15) is 4.79 Å². The van der Waals surface area contributed by atoms with Gasteiger partial charge >= 0.3 is 0 Å².